The second-order valence-electron chi connectivity index (χ2n) is 3.47. The van der Waals surface area contributed by atoms with Gasteiger partial charge < -0.3 is 15.8 Å². The van der Waals surface area contributed by atoms with E-state index in [2.05, 4.69) is 24.4 Å². The van der Waals surface area contributed by atoms with E-state index in [0.717, 1.165) is 25.3 Å². The Kier molecular flexibility index (Phi) is 5.15. The van der Waals surface area contributed by atoms with Gasteiger partial charge in [-0.1, -0.05) is 19.1 Å². The molecule has 0 aliphatic rings. The Morgan fingerprint density at radius 2 is 2.20 bits per heavy atom. The van der Waals surface area contributed by atoms with Crippen LogP contribution in [-0.4, -0.2) is 20.2 Å². The molecular formula is C12H20N2O. The summed E-state index contributed by atoms with van der Waals surface area (Å²) in [5, 5.41) is 3.27. The predicted molar refractivity (Wildman–Crippen MR) is 63.1 cm³/mol. The number of nitrogens with two attached hydrogens (primary N) is 1. The zero-order valence-corrected chi connectivity index (χ0v) is 9.55. The number of hydrogen-bond acceptors (Lipinski definition) is 3. The van der Waals surface area contributed by atoms with Gasteiger partial charge in [-0.05, 0) is 23.6 Å². The van der Waals surface area contributed by atoms with E-state index in [1.54, 1.807) is 7.11 Å². The number of nitrogens with one attached hydrogen (secondary N) is 1. The SMILES string of the molecule is CCc1cc(CNCCN)ccc1OC. The highest BCUT2D eigenvalue weighted by Crippen LogP contribution is 2.20. The van der Waals surface area contributed by atoms with E-state index in [0.29, 0.717) is 6.54 Å². The third kappa shape index (κ3) is 3.53. The summed E-state index contributed by atoms with van der Waals surface area (Å²) in [6.45, 7) is 4.54. The van der Waals surface area contributed by atoms with Crippen molar-refractivity contribution in [3.05, 3.63) is 29.3 Å². The van der Waals surface area contributed by atoms with Crippen LogP contribution in [-0.2, 0) is 13.0 Å². The van der Waals surface area contributed by atoms with Crippen molar-refractivity contribution >= 4 is 0 Å². The van der Waals surface area contributed by atoms with Gasteiger partial charge in [0.1, 0.15) is 5.75 Å². The van der Waals surface area contributed by atoms with Crippen molar-refractivity contribution < 1.29 is 4.74 Å². The van der Waals surface area contributed by atoms with Crippen LogP contribution in [0.25, 0.3) is 0 Å². The number of benzene rings is 1. The molecular weight excluding hydrogens is 188 g/mol. The molecule has 0 aliphatic heterocycles. The molecule has 3 nitrogen and oxygen atoms in total. The zero-order chi connectivity index (χ0) is 11.1. The van der Waals surface area contributed by atoms with Crippen LogP contribution in [0.15, 0.2) is 18.2 Å². The number of rotatable bonds is 6. The topological polar surface area (TPSA) is 47.3 Å². The minimum Gasteiger partial charge on any atom is -0.496 e. The van der Waals surface area contributed by atoms with E-state index < -0.39 is 0 Å². The van der Waals surface area contributed by atoms with Gasteiger partial charge in [0.15, 0.2) is 0 Å². The lowest BCUT2D eigenvalue weighted by atomic mass is 10.1. The zero-order valence-electron chi connectivity index (χ0n) is 9.55. The van der Waals surface area contributed by atoms with Gasteiger partial charge in [0.2, 0.25) is 0 Å². The Morgan fingerprint density at radius 3 is 2.80 bits per heavy atom. The second-order valence-corrected chi connectivity index (χ2v) is 3.47. The molecule has 1 aromatic carbocycles. The van der Waals surface area contributed by atoms with Crippen molar-refractivity contribution in [2.45, 2.75) is 19.9 Å². The van der Waals surface area contributed by atoms with Crippen LogP contribution in [0.5, 0.6) is 5.75 Å². The highest BCUT2D eigenvalue weighted by molar-refractivity contribution is 5.37. The molecule has 84 valence electrons. The fourth-order valence-electron chi connectivity index (χ4n) is 1.55. The van der Waals surface area contributed by atoms with Crippen molar-refractivity contribution in [1.82, 2.24) is 5.32 Å². The quantitative estimate of drug-likeness (QED) is 0.693. The molecule has 3 heteroatoms. The first-order chi connectivity index (χ1) is 7.31. The summed E-state index contributed by atoms with van der Waals surface area (Å²) in [6.07, 6.45) is 0.994. The Balaban J connectivity index is 2.66. The van der Waals surface area contributed by atoms with Crippen LogP contribution in [0.2, 0.25) is 0 Å². The van der Waals surface area contributed by atoms with Gasteiger partial charge >= 0.3 is 0 Å². The maximum Gasteiger partial charge on any atom is 0.122 e. The van der Waals surface area contributed by atoms with E-state index >= 15 is 0 Å². The third-order valence-corrected chi connectivity index (χ3v) is 2.38. The Labute approximate surface area is 91.6 Å². The Bertz CT molecular complexity index is 300. The van der Waals surface area contributed by atoms with Crippen LogP contribution >= 0.6 is 0 Å². The van der Waals surface area contributed by atoms with Crippen molar-refractivity contribution in [3.63, 3.8) is 0 Å². The van der Waals surface area contributed by atoms with E-state index in [1.165, 1.54) is 11.1 Å². The van der Waals surface area contributed by atoms with Crippen LogP contribution in [0.3, 0.4) is 0 Å². The number of aryl methyl sites for hydroxylation is 1. The van der Waals surface area contributed by atoms with Crippen LogP contribution in [0.1, 0.15) is 18.1 Å². The van der Waals surface area contributed by atoms with E-state index in [-0.39, 0.29) is 0 Å². The van der Waals surface area contributed by atoms with Crippen molar-refractivity contribution in [1.29, 1.82) is 0 Å². The first-order valence-corrected chi connectivity index (χ1v) is 5.38. The molecule has 1 aromatic rings. The summed E-state index contributed by atoms with van der Waals surface area (Å²) in [4.78, 5) is 0. The van der Waals surface area contributed by atoms with Crippen LogP contribution in [0, 0.1) is 0 Å². The Morgan fingerprint density at radius 1 is 1.40 bits per heavy atom. The average Bonchev–Trinajstić information content (AvgIpc) is 2.29. The molecule has 0 unspecified atom stereocenters. The predicted octanol–water partition coefficient (Wildman–Crippen LogP) is 1.31. The van der Waals surface area contributed by atoms with Gasteiger partial charge in [-0.25, -0.2) is 0 Å². The lowest BCUT2D eigenvalue weighted by molar-refractivity contribution is 0.410. The molecule has 1 rings (SSSR count). The van der Waals surface area contributed by atoms with Crippen LogP contribution < -0.4 is 15.8 Å². The maximum atomic E-state index is 5.41. The van der Waals surface area contributed by atoms with Crippen molar-refractivity contribution in [2.75, 3.05) is 20.2 Å². The van der Waals surface area contributed by atoms with Crippen LogP contribution in [0.4, 0.5) is 0 Å². The lowest BCUT2D eigenvalue weighted by Crippen LogP contribution is -2.21. The molecule has 15 heavy (non-hydrogen) atoms. The molecule has 0 saturated carbocycles. The molecule has 0 amide bonds. The monoisotopic (exact) mass is 208 g/mol. The molecule has 0 aromatic heterocycles. The van der Waals surface area contributed by atoms with Gasteiger partial charge in [0, 0.05) is 19.6 Å². The van der Waals surface area contributed by atoms with Crippen molar-refractivity contribution in [2.24, 2.45) is 5.73 Å². The number of ether oxygens (including phenoxy) is 1. The average molecular weight is 208 g/mol. The van der Waals surface area contributed by atoms with Gasteiger partial charge in [0.25, 0.3) is 0 Å². The summed E-state index contributed by atoms with van der Waals surface area (Å²) in [6, 6.07) is 6.29. The minimum absolute atomic E-state index is 0.677. The van der Waals surface area contributed by atoms with Gasteiger partial charge in [0.05, 0.1) is 7.11 Å². The smallest absolute Gasteiger partial charge is 0.122 e. The molecule has 0 atom stereocenters. The largest absolute Gasteiger partial charge is 0.496 e. The molecule has 0 bridgehead atoms. The summed E-state index contributed by atoms with van der Waals surface area (Å²) in [5.41, 5.74) is 7.94. The first-order valence-electron chi connectivity index (χ1n) is 5.38. The summed E-state index contributed by atoms with van der Waals surface area (Å²) in [5.74, 6) is 0.972. The summed E-state index contributed by atoms with van der Waals surface area (Å²) >= 11 is 0. The standard InChI is InChI=1S/C12H20N2O/c1-3-11-8-10(9-14-7-6-13)4-5-12(11)15-2/h4-5,8,14H,3,6-7,9,13H2,1-2H3. The molecule has 0 radical (unpaired) electrons. The minimum atomic E-state index is 0.677. The summed E-state index contributed by atoms with van der Waals surface area (Å²) in [7, 11) is 1.71. The van der Waals surface area contributed by atoms with E-state index in [1.807, 2.05) is 6.07 Å². The molecule has 0 fully saturated rings. The number of hydrogen-bond donors (Lipinski definition) is 2. The van der Waals surface area contributed by atoms with Gasteiger partial charge in [-0.2, -0.15) is 0 Å². The highest BCUT2D eigenvalue weighted by atomic mass is 16.5. The molecule has 0 spiro atoms. The maximum absolute atomic E-state index is 5.41. The fraction of sp³-hybridized carbons (Fsp3) is 0.500. The normalized spacial score (nSPS) is 10.3. The molecule has 3 N–H and O–H groups in total. The third-order valence-electron chi connectivity index (χ3n) is 2.38. The number of methoxy groups -OCH3 is 1. The summed E-state index contributed by atoms with van der Waals surface area (Å²) < 4.78 is 5.28. The van der Waals surface area contributed by atoms with E-state index in [4.69, 9.17) is 10.5 Å². The Hall–Kier alpha value is -1.06. The molecule has 0 aliphatic carbocycles. The van der Waals surface area contributed by atoms with Gasteiger partial charge in [-0.3, -0.25) is 0 Å². The lowest BCUT2D eigenvalue weighted by Gasteiger charge is -2.09. The first kappa shape index (κ1) is 12.0. The van der Waals surface area contributed by atoms with Gasteiger partial charge in [-0.15, -0.1) is 0 Å². The molecule has 0 heterocycles. The second kappa shape index (κ2) is 6.43. The highest BCUT2D eigenvalue weighted by Gasteiger charge is 2.01. The fourth-order valence-corrected chi connectivity index (χ4v) is 1.55. The van der Waals surface area contributed by atoms with Crippen molar-refractivity contribution in [3.8, 4) is 5.75 Å². The molecule has 0 saturated heterocycles. The van der Waals surface area contributed by atoms with E-state index in [9.17, 15) is 0 Å².